The molecule has 0 bridgehead atoms. The number of nitrogens with zero attached hydrogens (tertiary/aromatic N) is 5. The van der Waals surface area contributed by atoms with Gasteiger partial charge in [0.25, 0.3) is 0 Å². The molecular weight excluding hydrogens is 441 g/mol. The number of nitrogen functional groups attached to an aromatic ring is 1. The van der Waals surface area contributed by atoms with Crippen molar-refractivity contribution in [2.45, 2.75) is 47.9 Å². The van der Waals surface area contributed by atoms with E-state index < -0.39 is 0 Å². The standard InChI is InChI=1S/C20H23Cl2N7S/c21-16-12(10-15(24)27-17(16)22)30-13-11-26-19(29-9-6-25-18(13)29)28-7-4-20(5-8-28)3-1-2-14(20)23/h6,9-11,14H,1-5,7-8,23H2,(H2,24,27)/t14-/m1/s1. The first kappa shape index (κ1) is 20.2. The van der Waals surface area contributed by atoms with Crippen molar-refractivity contribution in [1.82, 2.24) is 19.4 Å². The summed E-state index contributed by atoms with van der Waals surface area (Å²) >= 11 is 13.8. The first-order chi connectivity index (χ1) is 14.5. The van der Waals surface area contributed by atoms with Crippen LogP contribution in [0, 0.1) is 5.41 Å². The number of rotatable bonds is 3. The van der Waals surface area contributed by atoms with Gasteiger partial charge in [-0.05, 0) is 37.2 Å². The molecule has 2 aliphatic rings. The van der Waals surface area contributed by atoms with Gasteiger partial charge in [0, 0.05) is 42.6 Å². The van der Waals surface area contributed by atoms with Crippen LogP contribution in [0.1, 0.15) is 32.1 Å². The van der Waals surface area contributed by atoms with Crippen LogP contribution in [0.4, 0.5) is 11.8 Å². The molecular formula is C20H23Cl2N7S. The Bertz CT molecular complexity index is 1090. The number of halogens is 2. The summed E-state index contributed by atoms with van der Waals surface area (Å²) in [4.78, 5) is 17.3. The lowest BCUT2D eigenvalue weighted by molar-refractivity contribution is 0.197. The summed E-state index contributed by atoms with van der Waals surface area (Å²) in [5.41, 5.74) is 13.4. The van der Waals surface area contributed by atoms with Crippen LogP contribution >= 0.6 is 35.0 Å². The zero-order valence-electron chi connectivity index (χ0n) is 16.4. The Morgan fingerprint density at radius 1 is 1.13 bits per heavy atom. The third-order valence-electron chi connectivity index (χ3n) is 6.52. The van der Waals surface area contributed by atoms with Crippen LogP contribution in [-0.2, 0) is 0 Å². The lowest BCUT2D eigenvalue weighted by Crippen LogP contribution is -2.47. The van der Waals surface area contributed by atoms with E-state index in [9.17, 15) is 0 Å². The quantitative estimate of drug-likeness (QED) is 0.559. The van der Waals surface area contributed by atoms with Crippen LogP contribution < -0.4 is 16.4 Å². The first-order valence-corrected chi connectivity index (χ1v) is 11.7. The molecule has 158 valence electrons. The maximum Gasteiger partial charge on any atom is 0.211 e. The Kier molecular flexibility index (Phi) is 5.21. The normalized spacial score (nSPS) is 21.0. The largest absolute Gasteiger partial charge is 0.384 e. The van der Waals surface area contributed by atoms with Crippen LogP contribution in [0.15, 0.2) is 34.4 Å². The number of piperidine rings is 1. The minimum absolute atomic E-state index is 0.190. The zero-order chi connectivity index (χ0) is 20.9. The Morgan fingerprint density at radius 2 is 1.93 bits per heavy atom. The highest BCUT2D eigenvalue weighted by Crippen LogP contribution is 2.46. The van der Waals surface area contributed by atoms with E-state index in [1.165, 1.54) is 24.6 Å². The van der Waals surface area contributed by atoms with Gasteiger partial charge in [-0.1, -0.05) is 41.4 Å². The van der Waals surface area contributed by atoms with E-state index in [2.05, 4.69) is 14.9 Å². The number of pyridine rings is 1. The van der Waals surface area contributed by atoms with Crippen LogP contribution in [0.2, 0.25) is 10.2 Å². The predicted octanol–water partition coefficient (Wildman–Crippen LogP) is 4.26. The van der Waals surface area contributed by atoms with Crippen LogP contribution in [0.25, 0.3) is 5.65 Å². The number of hydrogen-bond acceptors (Lipinski definition) is 7. The van der Waals surface area contributed by atoms with E-state index in [4.69, 9.17) is 39.7 Å². The van der Waals surface area contributed by atoms with Gasteiger partial charge in [0.1, 0.15) is 5.82 Å². The van der Waals surface area contributed by atoms with E-state index in [0.717, 1.165) is 53.7 Å². The molecule has 1 aliphatic carbocycles. The number of aromatic nitrogens is 4. The van der Waals surface area contributed by atoms with Gasteiger partial charge >= 0.3 is 0 Å². The molecule has 0 aromatic carbocycles. The number of nitrogens with two attached hydrogens (primary N) is 2. The van der Waals surface area contributed by atoms with Gasteiger partial charge < -0.3 is 16.4 Å². The molecule has 1 saturated carbocycles. The summed E-state index contributed by atoms with van der Waals surface area (Å²) < 4.78 is 2.04. The molecule has 1 atom stereocenters. The summed E-state index contributed by atoms with van der Waals surface area (Å²) in [7, 11) is 0. The van der Waals surface area contributed by atoms with Gasteiger partial charge in [-0.3, -0.25) is 4.40 Å². The summed E-state index contributed by atoms with van der Waals surface area (Å²) in [6.45, 7) is 1.92. The van der Waals surface area contributed by atoms with E-state index in [1.807, 2.05) is 16.8 Å². The predicted molar refractivity (Wildman–Crippen MR) is 121 cm³/mol. The highest BCUT2D eigenvalue weighted by molar-refractivity contribution is 7.99. The molecule has 2 fully saturated rings. The molecule has 5 rings (SSSR count). The average Bonchev–Trinajstić information content (AvgIpc) is 3.35. The highest BCUT2D eigenvalue weighted by atomic mass is 35.5. The van der Waals surface area contributed by atoms with Gasteiger partial charge in [-0.15, -0.1) is 0 Å². The van der Waals surface area contributed by atoms with Gasteiger partial charge in [-0.2, -0.15) is 0 Å². The van der Waals surface area contributed by atoms with Crippen LogP contribution in [0.3, 0.4) is 0 Å². The maximum absolute atomic E-state index is 6.44. The Balaban J connectivity index is 1.43. The first-order valence-electron chi connectivity index (χ1n) is 10.1. The number of anilines is 2. The topological polar surface area (TPSA) is 98.4 Å². The molecule has 4 heterocycles. The third-order valence-corrected chi connectivity index (χ3v) is 8.43. The molecule has 30 heavy (non-hydrogen) atoms. The third kappa shape index (κ3) is 3.39. The van der Waals surface area contributed by atoms with Crippen molar-refractivity contribution < 1.29 is 0 Å². The van der Waals surface area contributed by atoms with Gasteiger partial charge in [0.15, 0.2) is 10.8 Å². The van der Waals surface area contributed by atoms with Crippen molar-refractivity contribution in [2.75, 3.05) is 23.7 Å². The summed E-state index contributed by atoms with van der Waals surface area (Å²) in [5.74, 6) is 1.23. The molecule has 10 heteroatoms. The highest BCUT2D eigenvalue weighted by Gasteiger charge is 2.43. The zero-order valence-corrected chi connectivity index (χ0v) is 18.7. The molecule has 3 aromatic rings. The number of fused-ring (bicyclic) bond motifs is 1. The monoisotopic (exact) mass is 463 g/mol. The lowest BCUT2D eigenvalue weighted by atomic mass is 9.74. The molecule has 0 unspecified atom stereocenters. The van der Waals surface area contributed by atoms with Crippen molar-refractivity contribution >= 4 is 52.4 Å². The maximum atomic E-state index is 6.44. The Labute approximate surface area is 189 Å². The minimum Gasteiger partial charge on any atom is -0.384 e. The molecule has 0 amide bonds. The smallest absolute Gasteiger partial charge is 0.211 e. The molecule has 1 spiro atoms. The fourth-order valence-electron chi connectivity index (χ4n) is 4.81. The molecule has 1 aliphatic heterocycles. The van der Waals surface area contributed by atoms with Crippen molar-refractivity contribution in [2.24, 2.45) is 11.1 Å². The molecule has 3 aromatic heterocycles. The van der Waals surface area contributed by atoms with Crippen molar-refractivity contribution in [3.05, 3.63) is 34.8 Å². The van der Waals surface area contributed by atoms with E-state index in [1.54, 1.807) is 12.3 Å². The fourth-order valence-corrected chi connectivity index (χ4v) is 6.23. The summed E-state index contributed by atoms with van der Waals surface area (Å²) in [6.07, 6.45) is 11.5. The van der Waals surface area contributed by atoms with E-state index >= 15 is 0 Å². The SMILES string of the molecule is Nc1cc(Sc2cnc(N3CCC4(CCC[C@H]4N)CC3)n3ccnc23)c(Cl)c(Cl)n1. The lowest BCUT2D eigenvalue weighted by Gasteiger charge is -2.42. The average molecular weight is 464 g/mol. The van der Waals surface area contributed by atoms with Crippen LogP contribution in [0.5, 0.6) is 0 Å². The molecule has 0 radical (unpaired) electrons. The van der Waals surface area contributed by atoms with E-state index in [0.29, 0.717) is 22.3 Å². The Morgan fingerprint density at radius 3 is 2.67 bits per heavy atom. The second kappa shape index (κ2) is 7.75. The van der Waals surface area contributed by atoms with Gasteiger partial charge in [-0.25, -0.2) is 15.0 Å². The fraction of sp³-hybridized carbons (Fsp3) is 0.450. The number of imidazole rings is 1. The molecule has 1 saturated heterocycles. The molecule has 7 nitrogen and oxygen atoms in total. The van der Waals surface area contributed by atoms with Gasteiger partial charge in [0.2, 0.25) is 5.95 Å². The summed E-state index contributed by atoms with van der Waals surface area (Å²) in [5, 5.41) is 0.564. The second-order valence-corrected chi connectivity index (χ2v) is 9.96. The second-order valence-electron chi connectivity index (χ2n) is 8.14. The molecule has 4 N–H and O–H groups in total. The minimum atomic E-state index is 0.190. The van der Waals surface area contributed by atoms with Crippen molar-refractivity contribution in [3.63, 3.8) is 0 Å². The van der Waals surface area contributed by atoms with E-state index in [-0.39, 0.29) is 5.15 Å². The Hall–Kier alpha value is -1.74. The number of hydrogen-bond donors (Lipinski definition) is 2. The van der Waals surface area contributed by atoms with Crippen LogP contribution in [-0.4, -0.2) is 38.5 Å². The van der Waals surface area contributed by atoms with Crippen molar-refractivity contribution in [3.8, 4) is 0 Å². The van der Waals surface area contributed by atoms with Gasteiger partial charge in [0.05, 0.1) is 9.92 Å². The summed E-state index contributed by atoms with van der Waals surface area (Å²) in [6, 6.07) is 2.05. The van der Waals surface area contributed by atoms with Crippen molar-refractivity contribution in [1.29, 1.82) is 0 Å².